The van der Waals surface area contributed by atoms with Crippen molar-refractivity contribution in [3.05, 3.63) is 54.1 Å². The standard InChI is InChI=1S/C27H37N3O5S/c1-19-15-30(20(2)18-31)27(32)14-22-13-23(28-36(33,34)24-7-5-4-6-8-24)11-12-25(22)35-26(19)17-29(3)16-21-9-10-21/h4-8,11-13,19-21,26,28,31H,9-10,14-18H2,1-3H3/t19-,20-,26+/m1/s1. The molecule has 0 spiro atoms. The van der Waals surface area contributed by atoms with Crippen LogP contribution >= 0.6 is 0 Å². The van der Waals surface area contributed by atoms with Crippen molar-refractivity contribution < 1.29 is 23.1 Å². The molecule has 3 atom stereocenters. The highest BCUT2D eigenvalue weighted by atomic mass is 32.2. The summed E-state index contributed by atoms with van der Waals surface area (Å²) in [5, 5.41) is 9.81. The third-order valence-electron chi connectivity index (χ3n) is 6.98. The maximum Gasteiger partial charge on any atom is 0.261 e. The lowest BCUT2D eigenvalue weighted by Gasteiger charge is -2.34. The molecular formula is C27H37N3O5S. The Morgan fingerprint density at radius 2 is 1.89 bits per heavy atom. The Bertz CT molecular complexity index is 1150. The lowest BCUT2D eigenvalue weighted by Crippen LogP contribution is -2.47. The SMILES string of the molecule is C[C@@H]1CN([C@H](C)CO)C(=O)Cc2cc(NS(=O)(=O)c3ccccc3)ccc2O[C@H]1CN(C)CC1CC1. The van der Waals surface area contributed by atoms with Gasteiger partial charge in [-0.3, -0.25) is 9.52 Å². The van der Waals surface area contributed by atoms with Crippen LogP contribution in [0.2, 0.25) is 0 Å². The van der Waals surface area contributed by atoms with Crippen LogP contribution in [0.25, 0.3) is 0 Å². The molecule has 0 unspecified atom stereocenters. The van der Waals surface area contributed by atoms with E-state index in [2.05, 4.69) is 23.6 Å². The Hall–Kier alpha value is -2.62. The number of ether oxygens (including phenoxy) is 1. The van der Waals surface area contributed by atoms with Crippen LogP contribution in [0.1, 0.15) is 32.3 Å². The second-order valence-corrected chi connectivity index (χ2v) is 12.0. The minimum absolute atomic E-state index is 0.0341. The van der Waals surface area contributed by atoms with Gasteiger partial charge in [0.2, 0.25) is 5.91 Å². The van der Waals surface area contributed by atoms with Crippen LogP contribution in [0.4, 0.5) is 5.69 Å². The largest absolute Gasteiger partial charge is 0.488 e. The van der Waals surface area contributed by atoms with Gasteiger partial charge in [-0.25, -0.2) is 8.42 Å². The average Bonchev–Trinajstić information content (AvgIpc) is 3.66. The minimum atomic E-state index is -3.77. The molecule has 8 nitrogen and oxygen atoms in total. The van der Waals surface area contributed by atoms with E-state index in [-0.39, 0.29) is 41.9 Å². The van der Waals surface area contributed by atoms with Crippen LogP contribution in [-0.2, 0) is 21.2 Å². The van der Waals surface area contributed by atoms with E-state index >= 15 is 0 Å². The first-order valence-corrected chi connectivity index (χ1v) is 14.1. The van der Waals surface area contributed by atoms with Crippen LogP contribution in [0.15, 0.2) is 53.4 Å². The summed E-state index contributed by atoms with van der Waals surface area (Å²) in [5.74, 6) is 1.25. The van der Waals surface area contributed by atoms with Crippen molar-refractivity contribution in [3.8, 4) is 5.75 Å². The molecule has 1 aliphatic carbocycles. The van der Waals surface area contributed by atoms with Crippen molar-refractivity contribution >= 4 is 21.6 Å². The third kappa shape index (κ3) is 6.57. The number of aliphatic hydroxyl groups is 1. The molecule has 2 N–H and O–H groups in total. The number of hydrogen-bond acceptors (Lipinski definition) is 6. The van der Waals surface area contributed by atoms with Crippen molar-refractivity contribution in [2.75, 3.05) is 38.0 Å². The van der Waals surface area contributed by atoms with Gasteiger partial charge >= 0.3 is 0 Å². The summed E-state index contributed by atoms with van der Waals surface area (Å²) in [6, 6.07) is 12.9. The van der Waals surface area contributed by atoms with Crippen molar-refractivity contribution in [1.29, 1.82) is 0 Å². The number of anilines is 1. The van der Waals surface area contributed by atoms with Gasteiger partial charge in [-0.15, -0.1) is 0 Å². The highest BCUT2D eigenvalue weighted by molar-refractivity contribution is 7.92. The van der Waals surface area contributed by atoms with Gasteiger partial charge in [-0.2, -0.15) is 0 Å². The zero-order chi connectivity index (χ0) is 25.9. The summed E-state index contributed by atoms with van der Waals surface area (Å²) in [5.41, 5.74) is 0.984. The van der Waals surface area contributed by atoms with Crippen molar-refractivity contribution in [1.82, 2.24) is 9.80 Å². The number of nitrogens with zero attached hydrogens (tertiary/aromatic N) is 2. The van der Waals surface area contributed by atoms with Crippen molar-refractivity contribution in [2.24, 2.45) is 11.8 Å². The lowest BCUT2D eigenvalue weighted by molar-refractivity contribution is -0.134. The first-order chi connectivity index (χ1) is 17.2. The summed E-state index contributed by atoms with van der Waals surface area (Å²) in [7, 11) is -1.67. The molecule has 0 bridgehead atoms. The number of fused-ring (bicyclic) bond motifs is 1. The van der Waals surface area contributed by atoms with Crippen LogP contribution in [0.5, 0.6) is 5.75 Å². The van der Waals surface area contributed by atoms with E-state index in [4.69, 9.17) is 4.74 Å². The van der Waals surface area contributed by atoms with E-state index in [1.165, 1.54) is 25.0 Å². The highest BCUT2D eigenvalue weighted by Crippen LogP contribution is 2.32. The normalized spacial score (nSPS) is 21.7. The quantitative estimate of drug-likeness (QED) is 0.533. The first kappa shape index (κ1) is 26.4. The number of sulfonamides is 1. The minimum Gasteiger partial charge on any atom is -0.488 e. The smallest absolute Gasteiger partial charge is 0.261 e. The number of nitrogens with one attached hydrogen (secondary N) is 1. The molecule has 9 heteroatoms. The molecule has 36 heavy (non-hydrogen) atoms. The maximum atomic E-state index is 13.3. The molecule has 2 aliphatic rings. The van der Waals surface area contributed by atoms with Gasteiger partial charge in [-0.05, 0) is 63.1 Å². The molecule has 1 fully saturated rings. The Morgan fingerprint density at radius 3 is 2.56 bits per heavy atom. The summed E-state index contributed by atoms with van der Waals surface area (Å²) in [6.07, 6.45) is 2.43. The Morgan fingerprint density at radius 1 is 1.17 bits per heavy atom. The number of carbonyl (C=O) groups is 1. The van der Waals surface area contributed by atoms with Gasteiger partial charge in [0.25, 0.3) is 10.0 Å². The molecule has 0 saturated heterocycles. The zero-order valence-corrected chi connectivity index (χ0v) is 22.1. The molecule has 1 heterocycles. The van der Waals surface area contributed by atoms with Crippen LogP contribution in [0, 0.1) is 11.8 Å². The number of aliphatic hydroxyl groups excluding tert-OH is 1. The third-order valence-corrected chi connectivity index (χ3v) is 8.38. The van der Waals surface area contributed by atoms with Crippen LogP contribution < -0.4 is 9.46 Å². The predicted molar refractivity (Wildman–Crippen MR) is 139 cm³/mol. The fourth-order valence-corrected chi connectivity index (χ4v) is 5.72. The number of benzene rings is 2. The van der Waals surface area contributed by atoms with E-state index in [9.17, 15) is 18.3 Å². The Kier molecular flexibility index (Phi) is 8.22. The van der Waals surface area contributed by atoms with Gasteiger partial charge in [0.1, 0.15) is 11.9 Å². The summed E-state index contributed by atoms with van der Waals surface area (Å²) < 4.78 is 34.8. The first-order valence-electron chi connectivity index (χ1n) is 12.6. The van der Waals surface area contributed by atoms with E-state index in [0.29, 0.717) is 23.5 Å². The van der Waals surface area contributed by atoms with Crippen LogP contribution in [0.3, 0.4) is 0 Å². The van der Waals surface area contributed by atoms with Gasteiger partial charge in [0.05, 0.1) is 24.0 Å². The second kappa shape index (κ2) is 11.2. The predicted octanol–water partition coefficient (Wildman–Crippen LogP) is 2.98. The fourth-order valence-electron chi connectivity index (χ4n) is 4.65. The summed E-state index contributed by atoms with van der Waals surface area (Å²) in [6.45, 7) is 6.00. The van der Waals surface area contributed by atoms with E-state index < -0.39 is 10.0 Å². The molecule has 1 saturated carbocycles. The lowest BCUT2D eigenvalue weighted by atomic mass is 10.0. The van der Waals surface area contributed by atoms with E-state index in [1.807, 2.05) is 6.92 Å². The molecule has 1 aliphatic heterocycles. The number of likely N-dealkylation sites (N-methyl/N-ethyl adjacent to an activating group) is 1. The molecule has 4 rings (SSSR count). The Labute approximate surface area is 214 Å². The number of hydrogen-bond donors (Lipinski definition) is 2. The van der Waals surface area contributed by atoms with E-state index in [0.717, 1.165) is 19.0 Å². The van der Waals surface area contributed by atoms with Crippen LogP contribution in [-0.4, -0.2) is 74.7 Å². The van der Waals surface area contributed by atoms with E-state index in [1.54, 1.807) is 41.3 Å². The number of carbonyl (C=O) groups excluding carboxylic acids is 1. The number of amides is 1. The summed E-state index contributed by atoms with van der Waals surface area (Å²) >= 11 is 0. The molecule has 2 aromatic carbocycles. The fraction of sp³-hybridized carbons (Fsp3) is 0.519. The molecule has 0 radical (unpaired) electrons. The van der Waals surface area contributed by atoms with Gasteiger partial charge in [0.15, 0.2) is 0 Å². The maximum absolute atomic E-state index is 13.3. The summed E-state index contributed by atoms with van der Waals surface area (Å²) in [4.78, 5) is 17.5. The van der Waals surface area contributed by atoms with Gasteiger partial charge in [0, 0.05) is 36.8 Å². The van der Waals surface area contributed by atoms with Crippen molar-refractivity contribution in [3.63, 3.8) is 0 Å². The molecule has 196 valence electrons. The number of rotatable bonds is 9. The molecule has 1 amide bonds. The molecule has 2 aromatic rings. The molecule has 0 aromatic heterocycles. The van der Waals surface area contributed by atoms with Gasteiger partial charge < -0.3 is 19.6 Å². The highest BCUT2D eigenvalue weighted by Gasteiger charge is 2.32. The van der Waals surface area contributed by atoms with Gasteiger partial charge in [-0.1, -0.05) is 25.1 Å². The molecular weight excluding hydrogens is 478 g/mol. The topological polar surface area (TPSA) is 99.2 Å². The average molecular weight is 516 g/mol. The Balaban J connectivity index is 1.63. The monoisotopic (exact) mass is 515 g/mol. The second-order valence-electron chi connectivity index (χ2n) is 10.3. The zero-order valence-electron chi connectivity index (χ0n) is 21.3. The van der Waals surface area contributed by atoms with Crippen molar-refractivity contribution in [2.45, 2.75) is 50.2 Å².